The predicted molar refractivity (Wildman–Crippen MR) is 143 cm³/mol. The third kappa shape index (κ3) is 8.14. The van der Waals surface area contributed by atoms with Gasteiger partial charge in [-0.15, -0.1) is 0 Å². The van der Waals surface area contributed by atoms with Crippen molar-refractivity contribution in [1.29, 1.82) is 0 Å². The molecular formula is C24H24BBrCl2O8. The second kappa shape index (κ2) is 14.7. The van der Waals surface area contributed by atoms with E-state index in [1.165, 1.54) is 12.3 Å². The Morgan fingerprint density at radius 1 is 0.722 bits per heavy atom. The van der Waals surface area contributed by atoms with Gasteiger partial charge < -0.3 is 37.8 Å². The highest BCUT2D eigenvalue weighted by atomic mass is 79.9. The molecule has 0 spiro atoms. The van der Waals surface area contributed by atoms with Crippen molar-refractivity contribution in [2.75, 3.05) is 28.4 Å². The Bertz CT molecular complexity index is 1150. The molecule has 0 saturated carbocycles. The SMILES string of the molecule is COc1cc(-c2ccco2)cc(OC)c1Cl.COc1cc(Br)cc(OC)c1Cl.OB(O)c1ccco1. The molecule has 0 saturated heterocycles. The quantitative estimate of drug-likeness (QED) is 0.272. The van der Waals surface area contributed by atoms with Crippen molar-refractivity contribution in [3.8, 4) is 34.3 Å². The molecule has 0 amide bonds. The van der Waals surface area contributed by atoms with Crippen molar-refractivity contribution in [3.05, 3.63) is 75.6 Å². The lowest BCUT2D eigenvalue weighted by Gasteiger charge is -2.09. The monoisotopic (exact) mass is 600 g/mol. The molecule has 0 aliphatic carbocycles. The Hall–Kier alpha value is -2.76. The van der Waals surface area contributed by atoms with Crippen LogP contribution < -0.4 is 24.6 Å². The lowest BCUT2D eigenvalue weighted by molar-refractivity contribution is 0.394. The maximum Gasteiger partial charge on any atom is 0.526 e. The summed E-state index contributed by atoms with van der Waals surface area (Å²) in [6, 6.07) is 14.0. The van der Waals surface area contributed by atoms with E-state index in [1.54, 1.807) is 52.9 Å². The summed E-state index contributed by atoms with van der Waals surface area (Å²) in [5, 5.41) is 17.7. The number of hydrogen-bond acceptors (Lipinski definition) is 8. The number of benzene rings is 2. The molecule has 2 heterocycles. The molecule has 0 unspecified atom stereocenters. The van der Waals surface area contributed by atoms with Gasteiger partial charge in [-0.05, 0) is 48.5 Å². The van der Waals surface area contributed by atoms with Gasteiger partial charge in [0.1, 0.15) is 44.5 Å². The van der Waals surface area contributed by atoms with Crippen LogP contribution in [-0.4, -0.2) is 45.6 Å². The fourth-order valence-electron chi connectivity index (χ4n) is 2.73. The van der Waals surface area contributed by atoms with Crippen LogP contribution in [0.4, 0.5) is 0 Å². The maximum atomic E-state index is 8.37. The fraction of sp³-hybridized carbons (Fsp3) is 0.167. The van der Waals surface area contributed by atoms with E-state index in [4.69, 9.17) is 56.6 Å². The van der Waals surface area contributed by atoms with Crippen LogP contribution >= 0.6 is 39.1 Å². The summed E-state index contributed by atoms with van der Waals surface area (Å²) >= 11 is 15.3. The van der Waals surface area contributed by atoms with Crippen LogP contribution in [0.15, 0.2) is 74.4 Å². The first-order valence-corrected chi connectivity index (χ1v) is 11.7. The molecule has 0 aliphatic rings. The number of halogens is 3. The first-order chi connectivity index (χ1) is 17.2. The zero-order valence-corrected chi connectivity index (χ0v) is 22.9. The summed E-state index contributed by atoms with van der Waals surface area (Å²) in [4.78, 5) is 0. The number of furan rings is 2. The molecule has 0 fully saturated rings. The lowest BCUT2D eigenvalue weighted by atomic mass is 9.88. The van der Waals surface area contributed by atoms with E-state index in [-0.39, 0.29) is 5.66 Å². The topological polar surface area (TPSA) is 104 Å². The number of ether oxygens (including phenoxy) is 4. The fourth-order valence-corrected chi connectivity index (χ4v) is 3.67. The molecule has 36 heavy (non-hydrogen) atoms. The van der Waals surface area contributed by atoms with Crippen LogP contribution in [0.25, 0.3) is 11.3 Å². The van der Waals surface area contributed by atoms with Gasteiger partial charge in [0.15, 0.2) is 0 Å². The van der Waals surface area contributed by atoms with E-state index in [2.05, 4.69) is 20.3 Å². The van der Waals surface area contributed by atoms with Gasteiger partial charge in [-0.1, -0.05) is 39.1 Å². The molecule has 2 N–H and O–H groups in total. The highest BCUT2D eigenvalue weighted by molar-refractivity contribution is 9.10. The first kappa shape index (κ1) is 29.5. The third-order valence-electron chi connectivity index (χ3n) is 4.46. The number of rotatable bonds is 6. The van der Waals surface area contributed by atoms with Crippen molar-refractivity contribution >= 4 is 51.9 Å². The van der Waals surface area contributed by atoms with E-state index in [1.807, 2.05) is 24.3 Å². The molecular weight excluding hydrogens is 578 g/mol. The van der Waals surface area contributed by atoms with Crippen molar-refractivity contribution in [2.24, 2.45) is 0 Å². The molecule has 0 aliphatic heterocycles. The van der Waals surface area contributed by atoms with Crippen LogP contribution in [0, 0.1) is 0 Å². The Morgan fingerprint density at radius 3 is 1.50 bits per heavy atom. The minimum atomic E-state index is -1.48. The highest BCUT2D eigenvalue weighted by Crippen LogP contribution is 2.39. The largest absolute Gasteiger partial charge is 0.526 e. The minimum absolute atomic E-state index is 0.171. The average Bonchev–Trinajstić information content (AvgIpc) is 3.61. The van der Waals surface area contributed by atoms with Crippen LogP contribution in [0.1, 0.15) is 0 Å². The van der Waals surface area contributed by atoms with Gasteiger partial charge in [0.25, 0.3) is 0 Å². The molecule has 4 aromatic rings. The van der Waals surface area contributed by atoms with Gasteiger partial charge in [-0.25, -0.2) is 0 Å². The summed E-state index contributed by atoms with van der Waals surface area (Å²) in [6.07, 6.45) is 3.00. The summed E-state index contributed by atoms with van der Waals surface area (Å²) in [5.74, 6) is 3.07. The van der Waals surface area contributed by atoms with E-state index < -0.39 is 7.12 Å². The molecule has 0 atom stereocenters. The maximum absolute atomic E-state index is 8.37. The Balaban J connectivity index is 0.000000202. The first-order valence-electron chi connectivity index (χ1n) is 10.2. The van der Waals surface area contributed by atoms with Gasteiger partial charge in [0.2, 0.25) is 0 Å². The average molecular weight is 602 g/mol. The summed E-state index contributed by atoms with van der Waals surface area (Å²) in [5.41, 5.74) is 1.04. The Labute approximate surface area is 227 Å². The second-order valence-corrected chi connectivity index (χ2v) is 8.36. The van der Waals surface area contributed by atoms with E-state index in [9.17, 15) is 0 Å². The molecule has 192 valence electrons. The van der Waals surface area contributed by atoms with E-state index >= 15 is 0 Å². The summed E-state index contributed by atoms with van der Waals surface area (Å²) in [6.45, 7) is 0. The van der Waals surface area contributed by atoms with Gasteiger partial charge in [-0.3, -0.25) is 0 Å². The van der Waals surface area contributed by atoms with Crippen molar-refractivity contribution in [1.82, 2.24) is 0 Å². The zero-order valence-electron chi connectivity index (χ0n) is 19.8. The molecule has 12 heteroatoms. The van der Waals surface area contributed by atoms with Gasteiger partial charge >= 0.3 is 7.12 Å². The molecule has 4 rings (SSSR count). The number of hydrogen-bond donors (Lipinski definition) is 2. The zero-order chi connectivity index (χ0) is 26.7. The third-order valence-corrected chi connectivity index (χ3v) is 5.66. The molecule has 2 aromatic carbocycles. The highest BCUT2D eigenvalue weighted by Gasteiger charge is 2.13. The van der Waals surface area contributed by atoms with Crippen LogP contribution in [0.2, 0.25) is 10.0 Å². The van der Waals surface area contributed by atoms with Crippen LogP contribution in [0.5, 0.6) is 23.0 Å². The van der Waals surface area contributed by atoms with Crippen molar-refractivity contribution in [2.45, 2.75) is 0 Å². The normalized spacial score (nSPS) is 9.81. The van der Waals surface area contributed by atoms with Gasteiger partial charge in [-0.2, -0.15) is 0 Å². The number of methoxy groups -OCH3 is 4. The Morgan fingerprint density at radius 2 is 1.17 bits per heavy atom. The van der Waals surface area contributed by atoms with Crippen molar-refractivity contribution in [3.63, 3.8) is 0 Å². The van der Waals surface area contributed by atoms with Crippen LogP contribution in [-0.2, 0) is 0 Å². The molecule has 0 bridgehead atoms. The second-order valence-electron chi connectivity index (χ2n) is 6.69. The minimum Gasteiger partial charge on any atom is -0.495 e. The van der Waals surface area contributed by atoms with E-state index in [0.29, 0.717) is 33.0 Å². The van der Waals surface area contributed by atoms with E-state index in [0.717, 1.165) is 15.8 Å². The standard InChI is InChI=1S/C12H11ClO3.C8H8BrClO2.C4H5BO3/c1-14-10-6-8(9-4-3-5-16-9)7-11(15-2)12(10)13;1-11-6-3-5(9)4-7(12-2)8(6)10;6-5(7)4-2-1-3-8-4/h3-7H,1-2H3;3-4H,1-2H3;1-3,6-7H. The smallest absolute Gasteiger partial charge is 0.495 e. The lowest BCUT2D eigenvalue weighted by Crippen LogP contribution is -2.27. The van der Waals surface area contributed by atoms with Crippen molar-refractivity contribution < 1.29 is 37.8 Å². The summed E-state index contributed by atoms with van der Waals surface area (Å²) < 4.78 is 31.2. The Kier molecular flexibility index (Phi) is 12.1. The molecule has 8 nitrogen and oxygen atoms in total. The molecule has 0 radical (unpaired) electrons. The molecule has 2 aromatic heterocycles. The van der Waals surface area contributed by atoms with Crippen LogP contribution in [0.3, 0.4) is 0 Å². The van der Waals surface area contributed by atoms with Gasteiger partial charge in [0, 0.05) is 10.0 Å². The predicted octanol–water partition coefficient (Wildman–Crippen LogP) is 5.70. The summed E-state index contributed by atoms with van der Waals surface area (Å²) in [7, 11) is 4.77. The van der Waals surface area contributed by atoms with Gasteiger partial charge in [0.05, 0.1) is 41.0 Å².